The second kappa shape index (κ2) is 10.9. The van der Waals surface area contributed by atoms with Gasteiger partial charge in [0.15, 0.2) is 0 Å². The smallest absolute Gasteiger partial charge is 0.136 e. The first-order valence-electron chi connectivity index (χ1n) is 21.3. The monoisotopic (exact) mass is 599 g/mol. The third-order valence-corrected chi connectivity index (χ3v) is 8.47. The van der Waals surface area contributed by atoms with Crippen LogP contribution in [0.4, 0.5) is 0 Å². The lowest BCUT2D eigenvalue weighted by molar-refractivity contribution is 0.669. The Kier molecular flexibility index (Phi) is 3.89. The molecule has 1 heteroatoms. The Hall–Kier alpha value is -5.92. The lowest BCUT2D eigenvalue weighted by atomic mass is 9.86. The van der Waals surface area contributed by atoms with E-state index < -0.39 is 85.0 Å². The van der Waals surface area contributed by atoms with Crippen LogP contribution in [0, 0.1) is 0 Å². The summed E-state index contributed by atoms with van der Waals surface area (Å²) < 4.78 is 120. The minimum absolute atomic E-state index is 0.0112. The van der Waals surface area contributed by atoms with Crippen molar-refractivity contribution in [3.8, 4) is 33.4 Å². The summed E-state index contributed by atoms with van der Waals surface area (Å²) >= 11 is 0. The van der Waals surface area contributed by atoms with Crippen LogP contribution in [0.5, 0.6) is 0 Å². The van der Waals surface area contributed by atoms with Gasteiger partial charge in [-0.25, -0.2) is 0 Å². The zero-order valence-electron chi connectivity index (χ0n) is 37.3. The highest BCUT2D eigenvalue weighted by Gasteiger charge is 2.16. The molecular formula is C45H30O. The molecule has 0 spiro atoms. The van der Waals surface area contributed by atoms with Gasteiger partial charge in [0.1, 0.15) is 11.2 Å². The van der Waals surface area contributed by atoms with E-state index in [1.54, 1.807) is 12.1 Å². The van der Waals surface area contributed by atoms with Gasteiger partial charge in [-0.15, -0.1) is 0 Å². The average molecular weight is 600 g/mol. The first-order chi connectivity index (χ1) is 28.2. The Morgan fingerprint density at radius 1 is 0.413 bits per heavy atom. The molecule has 9 rings (SSSR count). The van der Waals surface area contributed by atoms with Crippen LogP contribution in [0.2, 0.25) is 0 Å². The molecule has 0 amide bonds. The number of benzene rings is 8. The van der Waals surface area contributed by atoms with E-state index in [0.717, 1.165) is 38.6 Å². The summed E-state index contributed by atoms with van der Waals surface area (Å²) in [5.74, 6) is 0. The van der Waals surface area contributed by atoms with Gasteiger partial charge in [-0.3, -0.25) is 0 Å². The molecule has 8 aromatic carbocycles. The van der Waals surface area contributed by atoms with Gasteiger partial charge in [-0.2, -0.15) is 0 Å². The van der Waals surface area contributed by atoms with Gasteiger partial charge in [-0.1, -0.05) is 145 Å². The van der Waals surface area contributed by atoms with Crippen molar-refractivity contribution in [3.05, 3.63) is 181 Å². The van der Waals surface area contributed by atoms with E-state index in [0.29, 0.717) is 11.1 Å². The van der Waals surface area contributed by atoms with E-state index >= 15 is 0 Å². The molecule has 46 heavy (non-hydrogen) atoms. The maximum absolute atomic E-state index is 9.18. The van der Waals surface area contributed by atoms with Crippen LogP contribution in [-0.2, 0) is 6.42 Å². The highest BCUT2D eigenvalue weighted by molar-refractivity contribution is 6.15. The van der Waals surface area contributed by atoms with E-state index in [-0.39, 0.29) is 38.2 Å². The summed E-state index contributed by atoms with van der Waals surface area (Å²) in [5, 5.41) is 1.72. The van der Waals surface area contributed by atoms with Crippen LogP contribution < -0.4 is 0 Å². The van der Waals surface area contributed by atoms with Crippen LogP contribution in [0.3, 0.4) is 0 Å². The molecule has 0 fully saturated rings. The van der Waals surface area contributed by atoms with Crippen LogP contribution in [0.15, 0.2) is 174 Å². The summed E-state index contributed by atoms with van der Waals surface area (Å²) in [7, 11) is 0. The molecule has 0 aliphatic rings. The summed E-state index contributed by atoms with van der Waals surface area (Å²) in [6.07, 6.45) is -0.482. The van der Waals surface area contributed by atoms with E-state index in [2.05, 4.69) is 6.07 Å². The predicted molar refractivity (Wildman–Crippen MR) is 194 cm³/mol. The Labute approximate surface area is 286 Å². The number of hydrogen-bond acceptors (Lipinski definition) is 1. The van der Waals surface area contributed by atoms with E-state index in [4.69, 9.17) is 19.5 Å². The molecule has 0 aliphatic heterocycles. The first kappa shape index (κ1) is 16.4. The van der Waals surface area contributed by atoms with Gasteiger partial charge in [0.25, 0.3) is 0 Å². The van der Waals surface area contributed by atoms with Gasteiger partial charge >= 0.3 is 0 Å². The molecule has 0 aliphatic carbocycles. The Balaban J connectivity index is 1.27. The van der Waals surface area contributed by atoms with Crippen LogP contribution in [0.1, 0.15) is 28.9 Å². The van der Waals surface area contributed by atoms with Gasteiger partial charge in [-0.05, 0) is 96.7 Å². The van der Waals surface area contributed by atoms with Crippen LogP contribution >= 0.6 is 0 Å². The number of rotatable bonds is 5. The standard InChI is InChI=1S/C45H30O/c1-3-11-30(12-4-1)27-42-36-15-7-9-17-40(36)45(41-18-10-8-16-37(41)42)33-21-19-32(20-22-33)35-24-26-39-38-25-23-34(31-13-5-2-6-14-31)28-43(38)46-44(39)29-35/h1-26,28-29H,27H2/i1D,3D,4D,7D,8D,9D,10D,11D,12D,15D,16D,17D,18D. The zero-order chi connectivity index (χ0) is 41.8. The number of furan rings is 1. The van der Waals surface area contributed by atoms with E-state index in [1.165, 1.54) is 0 Å². The average Bonchev–Trinajstić information content (AvgIpc) is 3.63. The second-order valence-corrected chi connectivity index (χ2v) is 11.1. The zero-order valence-corrected chi connectivity index (χ0v) is 24.3. The molecule has 1 heterocycles. The Morgan fingerprint density at radius 2 is 0.891 bits per heavy atom. The molecule has 1 aromatic heterocycles. The fourth-order valence-electron chi connectivity index (χ4n) is 6.31. The molecule has 0 saturated heterocycles. The lowest BCUT2D eigenvalue weighted by Crippen LogP contribution is -1.95. The fourth-order valence-corrected chi connectivity index (χ4v) is 6.31. The summed E-state index contributed by atoms with van der Waals surface area (Å²) in [4.78, 5) is 0. The topological polar surface area (TPSA) is 13.1 Å². The van der Waals surface area contributed by atoms with Crippen LogP contribution in [0.25, 0.3) is 76.9 Å². The van der Waals surface area contributed by atoms with Crippen molar-refractivity contribution in [2.75, 3.05) is 0 Å². The van der Waals surface area contributed by atoms with Crippen LogP contribution in [-0.4, -0.2) is 0 Å². The molecule has 216 valence electrons. The van der Waals surface area contributed by atoms with Crippen molar-refractivity contribution in [2.45, 2.75) is 6.42 Å². The fraction of sp³-hybridized carbons (Fsp3) is 0.0222. The maximum atomic E-state index is 9.18. The molecule has 0 atom stereocenters. The first-order valence-corrected chi connectivity index (χ1v) is 14.8. The predicted octanol–water partition coefficient (Wildman–Crippen LogP) is 12.5. The van der Waals surface area contributed by atoms with E-state index in [1.807, 2.05) is 72.8 Å². The molecular weight excluding hydrogens is 556 g/mol. The van der Waals surface area contributed by atoms with Crippen molar-refractivity contribution in [2.24, 2.45) is 0 Å². The third-order valence-electron chi connectivity index (χ3n) is 8.47. The summed E-state index contributed by atoms with van der Waals surface area (Å²) in [6.45, 7) is 0. The normalized spacial score (nSPS) is 15.5. The van der Waals surface area contributed by atoms with Gasteiger partial charge in [0, 0.05) is 10.8 Å². The third kappa shape index (κ3) is 4.48. The van der Waals surface area contributed by atoms with Crippen molar-refractivity contribution >= 4 is 43.5 Å². The van der Waals surface area contributed by atoms with E-state index in [9.17, 15) is 2.74 Å². The molecule has 0 N–H and O–H groups in total. The lowest BCUT2D eigenvalue weighted by Gasteiger charge is -2.18. The molecule has 0 bridgehead atoms. The molecule has 0 saturated carbocycles. The minimum Gasteiger partial charge on any atom is -0.456 e. The molecule has 1 nitrogen and oxygen atoms in total. The largest absolute Gasteiger partial charge is 0.456 e. The van der Waals surface area contributed by atoms with Gasteiger partial charge in [0.05, 0.1) is 17.8 Å². The second-order valence-electron chi connectivity index (χ2n) is 11.1. The molecule has 0 unspecified atom stereocenters. The summed E-state index contributed by atoms with van der Waals surface area (Å²) in [5.41, 5.74) is 5.52. The Bertz CT molecular complexity index is 3160. The Morgan fingerprint density at radius 3 is 1.48 bits per heavy atom. The highest BCUT2D eigenvalue weighted by atomic mass is 16.3. The SMILES string of the molecule is [2H]c1c([2H])c([2H])c(Cc2c3c([2H])c([2H])c([2H])c([2H])c3c(-c3ccc(-c4ccc5c(c4)oc4cc(-c6ccccc6)ccc45)cc3)c3c([2H])c([2H])c([2H])c([2H])c23)c([2H])c1[2H]. The van der Waals surface area contributed by atoms with Crippen molar-refractivity contribution in [1.29, 1.82) is 0 Å². The number of fused-ring (bicyclic) bond motifs is 5. The van der Waals surface area contributed by atoms with Gasteiger partial charge in [0.2, 0.25) is 0 Å². The maximum Gasteiger partial charge on any atom is 0.136 e. The number of hydrogen-bond donors (Lipinski definition) is 0. The quantitative estimate of drug-likeness (QED) is 0.179. The molecule has 9 aromatic rings. The minimum atomic E-state index is -0.615. The van der Waals surface area contributed by atoms with Crippen molar-refractivity contribution in [1.82, 2.24) is 0 Å². The van der Waals surface area contributed by atoms with Gasteiger partial charge < -0.3 is 4.42 Å². The summed E-state index contributed by atoms with van der Waals surface area (Å²) in [6, 6.07) is 22.1. The highest BCUT2D eigenvalue weighted by Crippen LogP contribution is 2.41. The van der Waals surface area contributed by atoms with Crippen molar-refractivity contribution < 1.29 is 22.2 Å². The molecule has 0 radical (unpaired) electrons. The van der Waals surface area contributed by atoms with Crippen molar-refractivity contribution in [3.63, 3.8) is 0 Å².